The summed E-state index contributed by atoms with van der Waals surface area (Å²) in [7, 11) is 0. The molecule has 78 heavy (non-hydrogen) atoms. The first-order valence-electron chi connectivity index (χ1n) is 32.9. The number of carbonyl (C=O) groups is 3. The zero-order chi connectivity index (χ0) is 56.4. The molecule has 0 aliphatic heterocycles. The van der Waals surface area contributed by atoms with Crippen LogP contribution in [0.1, 0.15) is 310 Å². The van der Waals surface area contributed by atoms with E-state index >= 15 is 0 Å². The quantitative estimate of drug-likeness (QED) is 0.0261. The molecular formula is C72H122O6. The Morgan fingerprint density at radius 3 is 0.821 bits per heavy atom. The van der Waals surface area contributed by atoms with E-state index in [9.17, 15) is 14.4 Å². The van der Waals surface area contributed by atoms with Crippen LogP contribution in [-0.2, 0) is 28.6 Å². The minimum atomic E-state index is -0.802. The fourth-order valence-electron chi connectivity index (χ4n) is 9.13. The van der Waals surface area contributed by atoms with Crippen molar-refractivity contribution in [2.75, 3.05) is 13.2 Å². The van der Waals surface area contributed by atoms with Gasteiger partial charge in [0.05, 0.1) is 0 Å². The number of esters is 3. The van der Waals surface area contributed by atoms with Crippen molar-refractivity contribution >= 4 is 17.9 Å². The highest BCUT2D eigenvalue weighted by Gasteiger charge is 2.19. The predicted molar refractivity (Wildman–Crippen MR) is 339 cm³/mol. The number of rotatable bonds is 59. The number of carbonyl (C=O) groups excluding carboxylic acids is 3. The molecule has 0 amide bonds. The summed E-state index contributed by atoms with van der Waals surface area (Å²) >= 11 is 0. The molecule has 0 aromatic heterocycles. The van der Waals surface area contributed by atoms with Gasteiger partial charge in [0.2, 0.25) is 0 Å². The van der Waals surface area contributed by atoms with E-state index in [4.69, 9.17) is 14.2 Å². The lowest BCUT2D eigenvalue weighted by Gasteiger charge is -2.18. The summed E-state index contributed by atoms with van der Waals surface area (Å²) < 4.78 is 16.9. The Morgan fingerprint density at radius 2 is 0.500 bits per heavy atom. The van der Waals surface area contributed by atoms with Crippen LogP contribution >= 0.6 is 0 Å². The normalized spacial score (nSPS) is 12.8. The summed E-state index contributed by atoms with van der Waals surface area (Å²) in [6, 6.07) is 0. The molecule has 0 aliphatic rings. The molecule has 6 heteroatoms. The molecule has 0 saturated heterocycles. The van der Waals surface area contributed by atoms with Gasteiger partial charge in [-0.05, 0) is 122 Å². The van der Waals surface area contributed by atoms with Gasteiger partial charge < -0.3 is 14.2 Å². The van der Waals surface area contributed by atoms with Crippen LogP contribution in [-0.4, -0.2) is 37.2 Å². The third-order valence-corrected chi connectivity index (χ3v) is 14.0. The van der Waals surface area contributed by atoms with E-state index in [2.05, 4.69) is 130 Å². The highest BCUT2D eigenvalue weighted by Crippen LogP contribution is 2.17. The second-order valence-corrected chi connectivity index (χ2v) is 21.6. The van der Waals surface area contributed by atoms with E-state index in [1.807, 2.05) is 0 Å². The molecule has 6 nitrogen and oxygen atoms in total. The van der Waals surface area contributed by atoms with Crippen molar-refractivity contribution in [1.29, 1.82) is 0 Å². The first-order valence-corrected chi connectivity index (χ1v) is 32.9. The summed E-state index contributed by atoms with van der Waals surface area (Å²) in [5.74, 6) is -0.938. The summed E-state index contributed by atoms with van der Waals surface area (Å²) in [5.41, 5.74) is 0. The lowest BCUT2D eigenvalue weighted by molar-refractivity contribution is -0.167. The zero-order valence-corrected chi connectivity index (χ0v) is 51.2. The van der Waals surface area contributed by atoms with Crippen LogP contribution < -0.4 is 0 Å². The van der Waals surface area contributed by atoms with Crippen molar-refractivity contribution in [1.82, 2.24) is 0 Å². The van der Waals surface area contributed by atoms with Crippen LogP contribution in [0.25, 0.3) is 0 Å². The SMILES string of the molecule is CC/C=C\C/C=C\C/C=C\C/C=C\CCCCCCCCCCCCCCCCCCCCCCC(=O)OCC(COC(=O)CCCCCCC/C=C\CCCCC)OC(=O)CCCC/C=C\C/C=C\C/C=C\C/C=C\CC. The second kappa shape index (κ2) is 65.6. The number of hydrogen-bond donors (Lipinski definition) is 0. The van der Waals surface area contributed by atoms with Crippen molar-refractivity contribution in [3.63, 3.8) is 0 Å². The molecule has 0 fully saturated rings. The molecule has 0 rings (SSSR count). The number of hydrogen-bond acceptors (Lipinski definition) is 6. The van der Waals surface area contributed by atoms with Gasteiger partial charge in [-0.15, -0.1) is 0 Å². The van der Waals surface area contributed by atoms with Gasteiger partial charge in [-0.3, -0.25) is 14.4 Å². The van der Waals surface area contributed by atoms with Gasteiger partial charge in [0.15, 0.2) is 6.10 Å². The summed E-state index contributed by atoms with van der Waals surface area (Å²) in [6.07, 6.45) is 89.8. The van der Waals surface area contributed by atoms with E-state index in [-0.39, 0.29) is 37.5 Å². The first-order chi connectivity index (χ1) is 38.5. The average Bonchev–Trinajstić information content (AvgIpc) is 3.44. The minimum absolute atomic E-state index is 0.0951. The van der Waals surface area contributed by atoms with Crippen molar-refractivity contribution in [3.05, 3.63) is 109 Å². The van der Waals surface area contributed by atoms with Gasteiger partial charge in [0, 0.05) is 19.3 Å². The van der Waals surface area contributed by atoms with Crippen molar-refractivity contribution in [2.24, 2.45) is 0 Å². The molecular weight excluding hydrogens is 961 g/mol. The van der Waals surface area contributed by atoms with E-state index in [0.717, 1.165) is 109 Å². The minimum Gasteiger partial charge on any atom is -0.462 e. The standard InChI is InChI=1S/C72H122O6/c1-4-7-10-13-16-19-22-25-27-28-29-30-31-32-33-34-35-36-37-38-39-40-41-42-43-44-46-47-50-53-56-59-62-65-71(74)77-68-69(67-76-70(73)64-61-58-55-52-49-24-21-18-15-12-9-6-3)78-72(75)66-63-60-57-54-51-48-45-26-23-20-17-14-11-8-5-2/h7-8,10-11,16-21,25-27,29-30,45,51,54,69H,4-6,9,12-15,22-24,28,31-44,46-50,52-53,55-68H2,1-3H3/b10-7-,11-8-,19-16-,20-17-,21-18-,27-25-,30-29-,45-26-,54-51-. The van der Waals surface area contributed by atoms with Crippen LogP contribution in [0.3, 0.4) is 0 Å². The summed E-state index contributed by atoms with van der Waals surface area (Å²) in [6.45, 7) is 6.37. The van der Waals surface area contributed by atoms with Crippen LogP contribution in [0.15, 0.2) is 109 Å². The third kappa shape index (κ3) is 62.9. The van der Waals surface area contributed by atoms with Gasteiger partial charge in [-0.25, -0.2) is 0 Å². The molecule has 0 radical (unpaired) electrons. The Hall–Kier alpha value is -3.93. The van der Waals surface area contributed by atoms with Crippen LogP contribution in [0, 0.1) is 0 Å². The predicted octanol–water partition coefficient (Wildman–Crippen LogP) is 22.6. The lowest BCUT2D eigenvalue weighted by atomic mass is 10.0. The molecule has 446 valence electrons. The molecule has 0 aromatic rings. The molecule has 0 aliphatic carbocycles. The largest absolute Gasteiger partial charge is 0.462 e. The van der Waals surface area contributed by atoms with Crippen molar-refractivity contribution < 1.29 is 28.6 Å². The van der Waals surface area contributed by atoms with Gasteiger partial charge in [-0.1, -0.05) is 278 Å². The Bertz CT molecular complexity index is 1570. The molecule has 0 bridgehead atoms. The van der Waals surface area contributed by atoms with Gasteiger partial charge >= 0.3 is 17.9 Å². The highest BCUT2D eigenvalue weighted by atomic mass is 16.6. The fraction of sp³-hybridized carbons (Fsp3) is 0.708. The zero-order valence-electron chi connectivity index (χ0n) is 51.2. The van der Waals surface area contributed by atoms with Crippen molar-refractivity contribution in [3.8, 4) is 0 Å². The smallest absolute Gasteiger partial charge is 0.306 e. The molecule has 0 heterocycles. The van der Waals surface area contributed by atoms with E-state index in [1.54, 1.807) is 0 Å². The van der Waals surface area contributed by atoms with E-state index in [0.29, 0.717) is 19.3 Å². The Kier molecular flexibility index (Phi) is 62.3. The molecule has 1 unspecified atom stereocenters. The maximum atomic E-state index is 12.9. The third-order valence-electron chi connectivity index (χ3n) is 14.0. The number of allylic oxidation sites excluding steroid dienone is 18. The van der Waals surface area contributed by atoms with E-state index < -0.39 is 6.10 Å². The van der Waals surface area contributed by atoms with Crippen LogP contribution in [0.5, 0.6) is 0 Å². The highest BCUT2D eigenvalue weighted by molar-refractivity contribution is 5.71. The topological polar surface area (TPSA) is 78.9 Å². The van der Waals surface area contributed by atoms with Crippen LogP contribution in [0.2, 0.25) is 0 Å². The number of ether oxygens (including phenoxy) is 3. The van der Waals surface area contributed by atoms with Gasteiger partial charge in [-0.2, -0.15) is 0 Å². The molecule has 0 spiro atoms. The van der Waals surface area contributed by atoms with Crippen LogP contribution in [0.4, 0.5) is 0 Å². The summed E-state index contributed by atoms with van der Waals surface area (Å²) in [5, 5.41) is 0. The Balaban J connectivity index is 4.15. The molecule has 1 atom stereocenters. The monoisotopic (exact) mass is 1080 g/mol. The fourth-order valence-corrected chi connectivity index (χ4v) is 9.13. The Labute approximate surface area is 482 Å². The van der Waals surface area contributed by atoms with Crippen molar-refractivity contribution in [2.45, 2.75) is 316 Å². The second-order valence-electron chi connectivity index (χ2n) is 21.6. The van der Waals surface area contributed by atoms with Gasteiger partial charge in [0.25, 0.3) is 0 Å². The maximum absolute atomic E-state index is 12.9. The lowest BCUT2D eigenvalue weighted by Crippen LogP contribution is -2.30. The first kappa shape index (κ1) is 74.1. The van der Waals surface area contributed by atoms with E-state index in [1.165, 1.54) is 154 Å². The Morgan fingerprint density at radius 1 is 0.269 bits per heavy atom. The van der Waals surface area contributed by atoms with Gasteiger partial charge in [0.1, 0.15) is 13.2 Å². The molecule has 0 N–H and O–H groups in total. The molecule has 0 aromatic carbocycles. The maximum Gasteiger partial charge on any atom is 0.306 e. The number of unbranched alkanes of at least 4 members (excludes halogenated alkanes) is 30. The summed E-state index contributed by atoms with van der Waals surface area (Å²) in [4.78, 5) is 38.2. The average molecular weight is 1080 g/mol. The molecule has 0 saturated carbocycles.